The molecular formula is C14H15N3O3. The molecule has 2 rings (SSSR count). The summed E-state index contributed by atoms with van der Waals surface area (Å²) in [6, 6.07) is 7.56. The number of anilines is 1. The van der Waals surface area contributed by atoms with Gasteiger partial charge in [-0.3, -0.25) is 4.98 Å². The lowest BCUT2D eigenvalue weighted by Crippen LogP contribution is -2.42. The summed E-state index contributed by atoms with van der Waals surface area (Å²) >= 11 is 0. The molecule has 0 radical (unpaired) electrons. The molecule has 0 aliphatic carbocycles. The van der Waals surface area contributed by atoms with Crippen molar-refractivity contribution >= 4 is 28.6 Å². The molecule has 1 heterocycles. The summed E-state index contributed by atoms with van der Waals surface area (Å²) in [5, 5.41) is 14.8. The first kappa shape index (κ1) is 13.8. The Bertz CT molecular complexity index is 642. The van der Waals surface area contributed by atoms with Crippen LogP contribution >= 0.6 is 0 Å². The number of rotatable bonds is 4. The Hall–Kier alpha value is -2.63. The summed E-state index contributed by atoms with van der Waals surface area (Å²) in [6.45, 7) is 1.70. The molecule has 104 valence electrons. The molecule has 2 aromatic rings. The third-order valence-electron chi connectivity index (χ3n) is 2.87. The molecule has 20 heavy (non-hydrogen) atoms. The minimum atomic E-state index is -1.05. The number of urea groups is 1. The predicted molar refractivity (Wildman–Crippen MR) is 75.6 cm³/mol. The van der Waals surface area contributed by atoms with Gasteiger partial charge in [0.2, 0.25) is 0 Å². The first-order valence-electron chi connectivity index (χ1n) is 6.25. The van der Waals surface area contributed by atoms with E-state index in [4.69, 9.17) is 5.11 Å². The molecule has 0 aliphatic heterocycles. The number of aromatic nitrogens is 1. The Morgan fingerprint density at radius 3 is 2.85 bits per heavy atom. The zero-order valence-electron chi connectivity index (χ0n) is 11.0. The lowest BCUT2D eigenvalue weighted by Gasteiger charge is -2.13. The van der Waals surface area contributed by atoms with Gasteiger partial charge in [0.25, 0.3) is 0 Å². The Morgan fingerprint density at radius 1 is 1.35 bits per heavy atom. The smallest absolute Gasteiger partial charge is 0.326 e. The standard InChI is InChI=1S/C14H15N3O3/c1-2-11(13(18)19)17-14(20)16-10-5-6-12-9(8-10)4-3-7-15-12/h3-8,11H,2H2,1H3,(H,18,19)(H2,16,17,20)/t11-/m1/s1. The van der Waals surface area contributed by atoms with Gasteiger partial charge >= 0.3 is 12.0 Å². The second-order valence-corrected chi connectivity index (χ2v) is 4.31. The first-order chi connectivity index (χ1) is 9.60. The summed E-state index contributed by atoms with van der Waals surface area (Å²) in [5.41, 5.74) is 1.42. The summed E-state index contributed by atoms with van der Waals surface area (Å²) in [4.78, 5) is 26.7. The van der Waals surface area contributed by atoms with Gasteiger partial charge in [0.05, 0.1) is 5.52 Å². The zero-order valence-corrected chi connectivity index (χ0v) is 11.0. The summed E-state index contributed by atoms with van der Waals surface area (Å²) in [5.74, 6) is -1.05. The summed E-state index contributed by atoms with van der Waals surface area (Å²) < 4.78 is 0. The topological polar surface area (TPSA) is 91.3 Å². The lowest BCUT2D eigenvalue weighted by molar-refractivity contribution is -0.139. The van der Waals surface area contributed by atoms with Crippen LogP contribution in [0.25, 0.3) is 10.9 Å². The van der Waals surface area contributed by atoms with Crippen molar-refractivity contribution in [3.8, 4) is 0 Å². The maximum absolute atomic E-state index is 11.7. The van der Waals surface area contributed by atoms with E-state index < -0.39 is 18.0 Å². The Balaban J connectivity index is 2.07. The van der Waals surface area contributed by atoms with E-state index in [1.54, 1.807) is 31.3 Å². The van der Waals surface area contributed by atoms with Crippen molar-refractivity contribution < 1.29 is 14.7 Å². The number of nitrogens with one attached hydrogen (secondary N) is 2. The summed E-state index contributed by atoms with van der Waals surface area (Å²) in [7, 11) is 0. The maximum Gasteiger partial charge on any atom is 0.326 e. The van der Waals surface area contributed by atoms with Crippen molar-refractivity contribution in [1.82, 2.24) is 10.3 Å². The highest BCUT2D eigenvalue weighted by Crippen LogP contribution is 2.16. The lowest BCUT2D eigenvalue weighted by atomic mass is 10.2. The number of benzene rings is 1. The minimum Gasteiger partial charge on any atom is -0.480 e. The first-order valence-corrected chi connectivity index (χ1v) is 6.25. The molecule has 6 nitrogen and oxygen atoms in total. The van der Waals surface area contributed by atoms with E-state index in [0.717, 1.165) is 10.9 Å². The van der Waals surface area contributed by atoms with Crippen LogP contribution in [-0.4, -0.2) is 28.1 Å². The SMILES string of the molecule is CC[C@@H](NC(=O)Nc1ccc2ncccc2c1)C(=O)O. The molecule has 0 spiro atoms. The van der Waals surface area contributed by atoms with Gasteiger partial charge in [0.15, 0.2) is 0 Å². The zero-order chi connectivity index (χ0) is 14.5. The average Bonchev–Trinajstić information content (AvgIpc) is 2.44. The van der Waals surface area contributed by atoms with Gasteiger partial charge in [-0.1, -0.05) is 13.0 Å². The van der Waals surface area contributed by atoms with Crippen LogP contribution in [0.4, 0.5) is 10.5 Å². The van der Waals surface area contributed by atoms with E-state index in [1.165, 1.54) is 0 Å². The van der Waals surface area contributed by atoms with Crippen molar-refractivity contribution in [2.24, 2.45) is 0 Å². The van der Waals surface area contributed by atoms with Crippen molar-refractivity contribution in [1.29, 1.82) is 0 Å². The molecule has 3 N–H and O–H groups in total. The monoisotopic (exact) mass is 273 g/mol. The number of nitrogens with zero attached hydrogens (tertiary/aromatic N) is 1. The predicted octanol–water partition coefficient (Wildman–Crippen LogP) is 2.22. The van der Waals surface area contributed by atoms with Crippen molar-refractivity contribution in [3.63, 3.8) is 0 Å². The van der Waals surface area contributed by atoms with Crippen LogP contribution in [0.2, 0.25) is 0 Å². The van der Waals surface area contributed by atoms with E-state index in [-0.39, 0.29) is 0 Å². The Labute approximate surface area is 115 Å². The quantitative estimate of drug-likeness (QED) is 0.796. The van der Waals surface area contributed by atoms with Crippen molar-refractivity contribution in [3.05, 3.63) is 36.5 Å². The third-order valence-corrected chi connectivity index (χ3v) is 2.87. The molecule has 1 aromatic heterocycles. The number of carbonyl (C=O) groups excluding carboxylic acids is 1. The molecule has 2 amide bonds. The second kappa shape index (κ2) is 6.01. The van der Waals surface area contributed by atoms with Crippen molar-refractivity contribution in [2.75, 3.05) is 5.32 Å². The number of pyridine rings is 1. The molecule has 0 aliphatic rings. The van der Waals surface area contributed by atoms with Gasteiger partial charge in [-0.25, -0.2) is 9.59 Å². The number of aliphatic carboxylic acids is 1. The van der Waals surface area contributed by atoms with Crippen LogP contribution in [0, 0.1) is 0 Å². The number of hydrogen-bond donors (Lipinski definition) is 3. The van der Waals surface area contributed by atoms with Gasteiger partial charge in [-0.15, -0.1) is 0 Å². The van der Waals surface area contributed by atoms with Crippen LogP contribution in [0.5, 0.6) is 0 Å². The average molecular weight is 273 g/mol. The molecule has 0 bridgehead atoms. The highest BCUT2D eigenvalue weighted by Gasteiger charge is 2.17. The Morgan fingerprint density at radius 2 is 2.15 bits per heavy atom. The highest BCUT2D eigenvalue weighted by molar-refractivity contribution is 5.94. The molecule has 0 saturated carbocycles. The number of amides is 2. The largest absolute Gasteiger partial charge is 0.480 e. The van der Waals surface area contributed by atoms with Crippen LogP contribution in [-0.2, 0) is 4.79 Å². The normalized spacial score (nSPS) is 11.8. The van der Waals surface area contributed by atoms with Gasteiger partial charge in [-0.05, 0) is 30.7 Å². The molecular weight excluding hydrogens is 258 g/mol. The van der Waals surface area contributed by atoms with Gasteiger partial charge in [-0.2, -0.15) is 0 Å². The van der Waals surface area contributed by atoms with E-state index in [0.29, 0.717) is 12.1 Å². The van der Waals surface area contributed by atoms with E-state index in [1.807, 2.05) is 12.1 Å². The van der Waals surface area contributed by atoms with Gasteiger partial charge in [0.1, 0.15) is 6.04 Å². The number of carboxylic acids is 1. The van der Waals surface area contributed by atoms with Crippen molar-refractivity contribution in [2.45, 2.75) is 19.4 Å². The van der Waals surface area contributed by atoms with Crippen LogP contribution in [0.1, 0.15) is 13.3 Å². The highest BCUT2D eigenvalue weighted by atomic mass is 16.4. The van der Waals surface area contributed by atoms with E-state index in [2.05, 4.69) is 15.6 Å². The second-order valence-electron chi connectivity index (χ2n) is 4.31. The maximum atomic E-state index is 11.7. The molecule has 6 heteroatoms. The minimum absolute atomic E-state index is 0.324. The molecule has 1 aromatic carbocycles. The number of hydrogen-bond acceptors (Lipinski definition) is 3. The fourth-order valence-corrected chi connectivity index (χ4v) is 1.82. The molecule has 0 unspecified atom stereocenters. The van der Waals surface area contributed by atoms with Crippen LogP contribution in [0.3, 0.4) is 0 Å². The fraction of sp³-hybridized carbons (Fsp3) is 0.214. The number of carbonyl (C=O) groups is 2. The molecule has 0 fully saturated rings. The van der Waals surface area contributed by atoms with Gasteiger partial charge < -0.3 is 15.7 Å². The third kappa shape index (κ3) is 3.23. The molecule has 1 atom stereocenters. The van der Waals surface area contributed by atoms with E-state index in [9.17, 15) is 9.59 Å². The molecule has 0 saturated heterocycles. The summed E-state index contributed by atoms with van der Waals surface area (Å²) in [6.07, 6.45) is 2.02. The van der Waals surface area contributed by atoms with Crippen LogP contribution in [0.15, 0.2) is 36.5 Å². The number of fused-ring (bicyclic) bond motifs is 1. The fourth-order valence-electron chi connectivity index (χ4n) is 1.82. The Kier molecular flexibility index (Phi) is 4.14. The van der Waals surface area contributed by atoms with E-state index >= 15 is 0 Å². The van der Waals surface area contributed by atoms with Gasteiger partial charge in [0, 0.05) is 17.3 Å². The number of carboxylic acid groups (broad SMARTS) is 1. The van der Waals surface area contributed by atoms with Crippen LogP contribution < -0.4 is 10.6 Å².